The number of hydrogen-bond donors (Lipinski definition) is 0. The van der Waals surface area contributed by atoms with Gasteiger partial charge in [0.15, 0.2) is 17.6 Å². The fourth-order valence-corrected chi connectivity index (χ4v) is 5.10. The molecule has 0 spiro atoms. The van der Waals surface area contributed by atoms with Gasteiger partial charge in [-0.1, -0.05) is 35.9 Å². The monoisotopic (exact) mass is 565 g/mol. The van der Waals surface area contributed by atoms with Gasteiger partial charge < -0.3 is 33.3 Å². The molecular weight excluding hydrogens is 534 g/mol. The maximum absolute atomic E-state index is 12.6. The van der Waals surface area contributed by atoms with Gasteiger partial charge in [0.25, 0.3) is 0 Å². The van der Waals surface area contributed by atoms with Crippen LogP contribution in [0.3, 0.4) is 0 Å². The van der Waals surface area contributed by atoms with Crippen molar-refractivity contribution in [3.63, 3.8) is 0 Å². The molecular formula is C31H32ClNO7. The molecule has 0 aliphatic carbocycles. The molecule has 3 aliphatic heterocycles. The number of benzene rings is 3. The van der Waals surface area contributed by atoms with Crippen LogP contribution >= 0.6 is 11.6 Å². The van der Waals surface area contributed by atoms with Crippen molar-refractivity contribution in [1.82, 2.24) is 4.90 Å². The second-order valence-electron chi connectivity index (χ2n) is 10.7. The van der Waals surface area contributed by atoms with Crippen molar-refractivity contribution in [2.75, 3.05) is 26.3 Å². The molecule has 40 heavy (non-hydrogen) atoms. The molecule has 2 atom stereocenters. The summed E-state index contributed by atoms with van der Waals surface area (Å²) >= 11 is 5.94. The summed E-state index contributed by atoms with van der Waals surface area (Å²) in [6.07, 6.45) is -0.187. The minimum absolute atomic E-state index is 0.206. The number of nitrogens with zero attached hydrogens (tertiary/aromatic N) is 1. The molecule has 0 unspecified atom stereocenters. The van der Waals surface area contributed by atoms with Gasteiger partial charge in [-0.05, 0) is 59.5 Å². The van der Waals surface area contributed by atoms with Crippen molar-refractivity contribution in [3.05, 3.63) is 87.9 Å². The van der Waals surface area contributed by atoms with E-state index in [1.165, 1.54) is 0 Å². The number of cyclic esters (lactones) is 1. The number of fused-ring (bicyclic) bond motifs is 2. The Morgan fingerprint density at radius 2 is 1.77 bits per heavy atom. The van der Waals surface area contributed by atoms with Crippen molar-refractivity contribution < 1.29 is 33.2 Å². The molecule has 0 saturated carbocycles. The SMILES string of the molecule is CC1(C)OCc2cc([C@@H]3CN(CCc4ccc5c(c4)O[C@H](COCc4ccc(Cl)cc4)CO5)C(=O)O3)ccc2O1. The first-order chi connectivity index (χ1) is 19.3. The molecule has 3 aromatic carbocycles. The Morgan fingerprint density at radius 1 is 0.975 bits per heavy atom. The van der Waals surface area contributed by atoms with Crippen LogP contribution in [0.15, 0.2) is 60.7 Å². The van der Waals surface area contributed by atoms with Crippen LogP contribution in [0.1, 0.15) is 42.2 Å². The van der Waals surface area contributed by atoms with E-state index in [2.05, 4.69) is 0 Å². The minimum atomic E-state index is -0.647. The number of rotatable bonds is 8. The lowest BCUT2D eigenvalue weighted by atomic mass is 10.0. The molecule has 1 saturated heterocycles. The minimum Gasteiger partial charge on any atom is -0.486 e. The summed E-state index contributed by atoms with van der Waals surface area (Å²) in [5.41, 5.74) is 3.98. The first-order valence-electron chi connectivity index (χ1n) is 13.5. The predicted octanol–water partition coefficient (Wildman–Crippen LogP) is 6.08. The second kappa shape index (κ2) is 11.2. The van der Waals surface area contributed by atoms with E-state index >= 15 is 0 Å². The third-order valence-corrected chi connectivity index (χ3v) is 7.41. The van der Waals surface area contributed by atoms with Crippen molar-refractivity contribution >= 4 is 17.7 Å². The van der Waals surface area contributed by atoms with Crippen LogP contribution in [-0.4, -0.2) is 49.2 Å². The third kappa shape index (κ3) is 6.14. The van der Waals surface area contributed by atoms with Crippen LogP contribution < -0.4 is 14.2 Å². The molecule has 210 valence electrons. The Bertz CT molecular complexity index is 1380. The number of carbonyl (C=O) groups excluding carboxylic acids is 1. The van der Waals surface area contributed by atoms with E-state index in [0.717, 1.165) is 28.0 Å². The first kappa shape index (κ1) is 26.7. The van der Waals surface area contributed by atoms with Gasteiger partial charge in [0.2, 0.25) is 5.79 Å². The van der Waals surface area contributed by atoms with Crippen molar-refractivity contribution in [2.24, 2.45) is 0 Å². The summed E-state index contributed by atoms with van der Waals surface area (Å²) in [6.45, 7) is 6.57. The predicted molar refractivity (Wildman–Crippen MR) is 148 cm³/mol. The van der Waals surface area contributed by atoms with E-state index in [9.17, 15) is 4.79 Å². The fourth-order valence-electron chi connectivity index (χ4n) is 4.97. The molecule has 0 aromatic heterocycles. The molecule has 0 bridgehead atoms. The molecule has 6 rings (SSSR count). The van der Waals surface area contributed by atoms with E-state index in [1.807, 2.05) is 74.5 Å². The Kier molecular flexibility index (Phi) is 7.49. The number of carbonyl (C=O) groups is 1. The van der Waals surface area contributed by atoms with Gasteiger partial charge >= 0.3 is 6.09 Å². The summed E-state index contributed by atoms with van der Waals surface area (Å²) < 4.78 is 35.2. The smallest absolute Gasteiger partial charge is 0.410 e. The molecule has 1 fully saturated rings. The highest BCUT2D eigenvalue weighted by atomic mass is 35.5. The van der Waals surface area contributed by atoms with Crippen LogP contribution in [0.25, 0.3) is 0 Å². The lowest BCUT2D eigenvalue weighted by molar-refractivity contribution is -0.180. The normalized spacial score (nSPS) is 21.0. The second-order valence-corrected chi connectivity index (χ2v) is 11.1. The lowest BCUT2D eigenvalue weighted by Crippen LogP contribution is -2.35. The quantitative estimate of drug-likeness (QED) is 0.328. The third-order valence-electron chi connectivity index (χ3n) is 7.16. The highest BCUT2D eigenvalue weighted by Gasteiger charge is 2.34. The number of amides is 1. The summed E-state index contributed by atoms with van der Waals surface area (Å²) in [6, 6.07) is 19.4. The molecule has 9 heteroatoms. The topological polar surface area (TPSA) is 75.7 Å². The fraction of sp³-hybridized carbons (Fsp3) is 0.387. The molecule has 1 amide bonds. The molecule has 8 nitrogen and oxygen atoms in total. The van der Waals surface area contributed by atoms with Gasteiger partial charge in [-0.15, -0.1) is 0 Å². The average Bonchev–Trinajstić information content (AvgIpc) is 3.32. The maximum Gasteiger partial charge on any atom is 0.410 e. The Morgan fingerprint density at radius 3 is 2.62 bits per heavy atom. The van der Waals surface area contributed by atoms with Crippen LogP contribution in [0.5, 0.6) is 17.2 Å². The zero-order valence-electron chi connectivity index (χ0n) is 22.6. The molecule has 3 aromatic rings. The number of halogens is 1. The summed E-state index contributed by atoms with van der Waals surface area (Å²) in [5, 5.41) is 0.700. The van der Waals surface area contributed by atoms with Gasteiger partial charge in [-0.3, -0.25) is 0 Å². The lowest BCUT2D eigenvalue weighted by Gasteiger charge is -2.32. The van der Waals surface area contributed by atoms with Crippen molar-refractivity contribution in [3.8, 4) is 17.2 Å². The zero-order valence-corrected chi connectivity index (χ0v) is 23.3. The van der Waals surface area contributed by atoms with Crippen LogP contribution in [0.4, 0.5) is 4.79 Å². The molecule has 3 heterocycles. The molecule has 0 radical (unpaired) electrons. The summed E-state index contributed by atoms with van der Waals surface area (Å²) in [5.74, 6) is 1.55. The van der Waals surface area contributed by atoms with Crippen molar-refractivity contribution in [1.29, 1.82) is 0 Å². The van der Waals surface area contributed by atoms with E-state index < -0.39 is 5.79 Å². The van der Waals surface area contributed by atoms with Crippen LogP contribution in [0.2, 0.25) is 5.02 Å². The first-order valence-corrected chi connectivity index (χ1v) is 13.8. The van der Waals surface area contributed by atoms with Gasteiger partial charge in [-0.2, -0.15) is 0 Å². The van der Waals surface area contributed by atoms with E-state index in [-0.39, 0.29) is 18.3 Å². The van der Waals surface area contributed by atoms with E-state index in [0.29, 0.717) is 62.5 Å². The molecule has 0 N–H and O–H groups in total. The Labute approximate surface area is 238 Å². The largest absolute Gasteiger partial charge is 0.486 e. The summed E-state index contributed by atoms with van der Waals surface area (Å²) in [7, 11) is 0. The van der Waals surface area contributed by atoms with E-state index in [4.69, 9.17) is 40.0 Å². The maximum atomic E-state index is 12.6. The Hall–Kier alpha value is -3.46. The van der Waals surface area contributed by atoms with Gasteiger partial charge in [0.1, 0.15) is 18.5 Å². The van der Waals surface area contributed by atoms with Gasteiger partial charge in [-0.25, -0.2) is 4.79 Å². The summed E-state index contributed by atoms with van der Waals surface area (Å²) in [4.78, 5) is 14.4. The molecule has 3 aliphatic rings. The van der Waals surface area contributed by atoms with Crippen molar-refractivity contribution in [2.45, 2.75) is 51.5 Å². The standard InChI is InChI=1S/C31H32ClNO7/c1-31(2)37-17-23-14-22(6-10-26(23)40-31)29-15-33(30(34)39-29)12-11-20-5-9-27-28(13-20)38-25(19-36-27)18-35-16-21-3-7-24(32)8-4-21/h3-10,13-14,25,29H,11-12,15-19H2,1-2H3/t25-,29+/m1/s1. The van der Waals surface area contributed by atoms with Crippen LogP contribution in [-0.2, 0) is 33.8 Å². The Balaban J connectivity index is 1.01. The van der Waals surface area contributed by atoms with E-state index in [1.54, 1.807) is 4.90 Å². The number of ether oxygens (including phenoxy) is 6. The average molecular weight is 566 g/mol. The van der Waals surface area contributed by atoms with Gasteiger partial charge in [0, 0.05) is 31.0 Å². The highest BCUT2D eigenvalue weighted by molar-refractivity contribution is 6.30. The van der Waals surface area contributed by atoms with Gasteiger partial charge in [0.05, 0.1) is 26.4 Å². The highest BCUT2D eigenvalue weighted by Crippen LogP contribution is 2.36. The zero-order chi connectivity index (χ0) is 27.7. The van der Waals surface area contributed by atoms with Crippen LogP contribution in [0, 0.1) is 0 Å². The number of hydrogen-bond acceptors (Lipinski definition) is 7.